The van der Waals surface area contributed by atoms with E-state index in [1.165, 1.54) is 69.8 Å². The van der Waals surface area contributed by atoms with Crippen molar-refractivity contribution in [3.05, 3.63) is 35.4 Å². The van der Waals surface area contributed by atoms with Crippen molar-refractivity contribution >= 4 is 0 Å². The molecule has 3 rings (SSSR count). The second-order valence-corrected chi connectivity index (χ2v) is 7.33. The maximum absolute atomic E-state index is 3.81. The Morgan fingerprint density at radius 3 is 2.19 bits per heavy atom. The zero-order chi connectivity index (χ0) is 14.5. The first-order valence-electron chi connectivity index (χ1n) is 9.16. The molecule has 0 spiro atoms. The van der Waals surface area contributed by atoms with Crippen LogP contribution in [-0.2, 0) is 6.42 Å². The first-order chi connectivity index (χ1) is 10.3. The molecule has 0 amide bonds. The van der Waals surface area contributed by atoms with Crippen LogP contribution < -0.4 is 5.32 Å². The van der Waals surface area contributed by atoms with Crippen LogP contribution in [0, 0.1) is 0 Å². The topological polar surface area (TPSA) is 12.0 Å². The summed E-state index contributed by atoms with van der Waals surface area (Å²) in [5, 5.41) is 3.81. The van der Waals surface area contributed by atoms with E-state index in [0.717, 1.165) is 12.0 Å². The third-order valence-electron chi connectivity index (χ3n) is 5.47. The molecule has 1 unspecified atom stereocenters. The van der Waals surface area contributed by atoms with E-state index in [1.54, 1.807) is 5.56 Å². The van der Waals surface area contributed by atoms with Gasteiger partial charge < -0.3 is 5.32 Å². The first-order valence-corrected chi connectivity index (χ1v) is 9.16. The largest absolute Gasteiger partial charge is 0.311 e. The zero-order valence-electron chi connectivity index (χ0n) is 13.6. The molecule has 1 heteroatoms. The molecule has 0 aliphatic heterocycles. The van der Waals surface area contributed by atoms with Gasteiger partial charge in [-0.15, -0.1) is 0 Å². The second-order valence-electron chi connectivity index (χ2n) is 7.33. The quantitative estimate of drug-likeness (QED) is 0.784. The van der Waals surface area contributed by atoms with E-state index in [9.17, 15) is 0 Å². The lowest BCUT2D eigenvalue weighted by atomic mass is 9.84. The molecule has 0 heterocycles. The smallest absolute Gasteiger partial charge is 0.00817 e. The fraction of sp³-hybridized carbons (Fsp3) is 0.700. The Balaban J connectivity index is 1.51. The summed E-state index contributed by atoms with van der Waals surface area (Å²) in [5.41, 5.74) is 3.07. The average Bonchev–Trinajstić information content (AvgIpc) is 3.02. The Kier molecular flexibility index (Phi) is 5.35. The highest BCUT2D eigenvalue weighted by Crippen LogP contribution is 2.32. The molecule has 1 aromatic carbocycles. The second kappa shape index (κ2) is 7.45. The van der Waals surface area contributed by atoms with Crippen molar-refractivity contribution in [3.8, 4) is 0 Å². The molecule has 1 N–H and O–H groups in total. The lowest BCUT2D eigenvalue weighted by Crippen LogP contribution is -2.35. The van der Waals surface area contributed by atoms with Gasteiger partial charge in [-0.2, -0.15) is 0 Å². The molecule has 0 aromatic heterocycles. The third-order valence-corrected chi connectivity index (χ3v) is 5.47. The highest BCUT2D eigenvalue weighted by molar-refractivity contribution is 5.26. The van der Waals surface area contributed by atoms with Crippen LogP contribution in [0.4, 0.5) is 0 Å². The minimum atomic E-state index is 0.605. The summed E-state index contributed by atoms with van der Waals surface area (Å²) in [6.45, 7) is 2.34. The van der Waals surface area contributed by atoms with E-state index in [0.29, 0.717) is 6.04 Å². The fourth-order valence-corrected chi connectivity index (χ4v) is 4.27. The van der Waals surface area contributed by atoms with Gasteiger partial charge in [0.2, 0.25) is 0 Å². The van der Waals surface area contributed by atoms with Gasteiger partial charge in [-0.3, -0.25) is 0 Å². The maximum atomic E-state index is 3.81. The average molecular weight is 285 g/mol. The number of benzene rings is 1. The van der Waals surface area contributed by atoms with Gasteiger partial charge in [0.05, 0.1) is 0 Å². The van der Waals surface area contributed by atoms with E-state index in [-0.39, 0.29) is 0 Å². The summed E-state index contributed by atoms with van der Waals surface area (Å²) in [4.78, 5) is 0. The summed E-state index contributed by atoms with van der Waals surface area (Å²) in [5.74, 6) is 0.835. The molecular weight excluding hydrogens is 254 g/mol. The zero-order valence-corrected chi connectivity index (χ0v) is 13.6. The van der Waals surface area contributed by atoms with Crippen molar-refractivity contribution in [2.45, 2.75) is 89.1 Å². The summed E-state index contributed by atoms with van der Waals surface area (Å²) < 4.78 is 0. The number of hydrogen-bond donors (Lipinski definition) is 1. The molecule has 0 radical (unpaired) electrons. The van der Waals surface area contributed by atoms with E-state index in [1.807, 2.05) is 0 Å². The molecule has 116 valence electrons. The summed E-state index contributed by atoms with van der Waals surface area (Å²) in [6.07, 6.45) is 13.9. The van der Waals surface area contributed by atoms with Gasteiger partial charge in [-0.05, 0) is 56.1 Å². The number of hydrogen-bond acceptors (Lipinski definition) is 1. The van der Waals surface area contributed by atoms with Gasteiger partial charge in [0.1, 0.15) is 0 Å². The molecule has 21 heavy (non-hydrogen) atoms. The van der Waals surface area contributed by atoms with Crippen molar-refractivity contribution in [2.24, 2.45) is 0 Å². The summed E-state index contributed by atoms with van der Waals surface area (Å²) in [7, 11) is 0. The Labute approximate surface area is 130 Å². The van der Waals surface area contributed by atoms with Crippen molar-refractivity contribution in [3.63, 3.8) is 0 Å². The lowest BCUT2D eigenvalue weighted by molar-refractivity contribution is 0.442. The van der Waals surface area contributed by atoms with Crippen molar-refractivity contribution in [2.75, 3.05) is 0 Å². The Morgan fingerprint density at radius 1 is 0.905 bits per heavy atom. The van der Waals surface area contributed by atoms with Crippen molar-refractivity contribution in [1.82, 2.24) is 5.32 Å². The Hall–Kier alpha value is -0.820. The van der Waals surface area contributed by atoms with Crippen LogP contribution in [0.25, 0.3) is 0 Å². The van der Waals surface area contributed by atoms with Crippen LogP contribution in [-0.4, -0.2) is 12.1 Å². The van der Waals surface area contributed by atoms with Gasteiger partial charge in [-0.1, -0.05) is 56.4 Å². The molecule has 2 aliphatic carbocycles. The third kappa shape index (κ3) is 4.32. The number of rotatable bonds is 5. The molecule has 1 aromatic rings. The standard InChI is InChI=1S/C20H31N/c1-16(21-20-9-5-6-10-20)15-17-11-13-19(14-12-17)18-7-3-2-4-8-18/h11-14,16,18,20-21H,2-10,15H2,1H3. The molecule has 1 atom stereocenters. The van der Waals surface area contributed by atoms with Crippen LogP contribution in [0.1, 0.15) is 81.8 Å². The summed E-state index contributed by atoms with van der Waals surface area (Å²) in [6, 6.07) is 10.9. The van der Waals surface area contributed by atoms with Crippen LogP contribution >= 0.6 is 0 Å². The van der Waals surface area contributed by atoms with Gasteiger partial charge in [0, 0.05) is 12.1 Å². The Morgan fingerprint density at radius 2 is 1.52 bits per heavy atom. The molecule has 2 aliphatic rings. The van der Waals surface area contributed by atoms with Crippen LogP contribution in [0.3, 0.4) is 0 Å². The van der Waals surface area contributed by atoms with Gasteiger partial charge in [0.15, 0.2) is 0 Å². The molecule has 2 fully saturated rings. The SMILES string of the molecule is CC(Cc1ccc(C2CCCCC2)cc1)NC1CCCC1. The maximum Gasteiger partial charge on any atom is 0.00817 e. The van der Waals surface area contributed by atoms with Crippen LogP contribution in [0.5, 0.6) is 0 Å². The highest BCUT2D eigenvalue weighted by Gasteiger charge is 2.17. The van der Waals surface area contributed by atoms with E-state index in [4.69, 9.17) is 0 Å². The first kappa shape index (κ1) is 15.1. The monoisotopic (exact) mass is 285 g/mol. The number of nitrogens with one attached hydrogen (secondary N) is 1. The van der Waals surface area contributed by atoms with Crippen molar-refractivity contribution in [1.29, 1.82) is 0 Å². The lowest BCUT2D eigenvalue weighted by Gasteiger charge is -2.23. The van der Waals surface area contributed by atoms with E-state index >= 15 is 0 Å². The minimum absolute atomic E-state index is 0.605. The fourth-order valence-electron chi connectivity index (χ4n) is 4.27. The molecule has 1 nitrogen and oxygen atoms in total. The molecule has 0 saturated heterocycles. The Bertz CT molecular complexity index is 410. The predicted octanol–water partition coefficient (Wildman–Crippen LogP) is 5.20. The molecular formula is C20H31N. The molecule has 0 bridgehead atoms. The summed E-state index contributed by atoms with van der Waals surface area (Å²) >= 11 is 0. The van der Waals surface area contributed by atoms with Gasteiger partial charge in [0.25, 0.3) is 0 Å². The van der Waals surface area contributed by atoms with Crippen LogP contribution in [0.15, 0.2) is 24.3 Å². The molecule has 2 saturated carbocycles. The normalized spacial score (nSPS) is 22.5. The minimum Gasteiger partial charge on any atom is -0.311 e. The highest BCUT2D eigenvalue weighted by atomic mass is 14.9. The van der Waals surface area contributed by atoms with Gasteiger partial charge >= 0.3 is 0 Å². The van der Waals surface area contributed by atoms with E-state index in [2.05, 4.69) is 36.5 Å². The van der Waals surface area contributed by atoms with Crippen molar-refractivity contribution < 1.29 is 0 Å². The van der Waals surface area contributed by atoms with E-state index < -0.39 is 0 Å². The van der Waals surface area contributed by atoms with Crippen LogP contribution in [0.2, 0.25) is 0 Å². The van der Waals surface area contributed by atoms with Gasteiger partial charge in [-0.25, -0.2) is 0 Å². The predicted molar refractivity (Wildman–Crippen MR) is 90.8 cm³/mol.